The van der Waals surface area contributed by atoms with Crippen LogP contribution in [0.2, 0.25) is 0 Å². The summed E-state index contributed by atoms with van der Waals surface area (Å²) in [5, 5.41) is 2.19. The number of nitrogens with one attached hydrogen (secondary N) is 1. The molecule has 1 saturated heterocycles. The number of para-hydroxylation sites is 1. The third-order valence-electron chi connectivity index (χ3n) is 4.22. The van der Waals surface area contributed by atoms with Crippen LogP contribution < -0.4 is 24.4 Å². The summed E-state index contributed by atoms with van der Waals surface area (Å²) in [5.74, 6) is -0.0635. The molecule has 1 N–H and O–H groups in total. The van der Waals surface area contributed by atoms with Crippen molar-refractivity contribution in [3.05, 3.63) is 53.6 Å². The van der Waals surface area contributed by atoms with E-state index in [9.17, 15) is 14.4 Å². The molecule has 2 aliphatic heterocycles. The summed E-state index contributed by atoms with van der Waals surface area (Å²) >= 11 is 0. The second-order valence-electron chi connectivity index (χ2n) is 5.97. The number of imide groups is 2. The molecule has 2 aromatic rings. The van der Waals surface area contributed by atoms with Gasteiger partial charge in [0.1, 0.15) is 11.3 Å². The smallest absolute Gasteiger partial charge is 0.335 e. The average molecular weight is 380 g/mol. The molecule has 2 heterocycles. The van der Waals surface area contributed by atoms with Crippen LogP contribution in [0.3, 0.4) is 0 Å². The number of carbonyl (C=O) groups excluding carboxylic acids is 3. The Morgan fingerprint density at radius 1 is 1.11 bits per heavy atom. The molecule has 0 radical (unpaired) electrons. The van der Waals surface area contributed by atoms with E-state index in [4.69, 9.17) is 14.2 Å². The number of anilines is 1. The Hall–Kier alpha value is -3.81. The lowest BCUT2D eigenvalue weighted by Crippen LogP contribution is -2.54. The number of ether oxygens (including phenoxy) is 3. The Kier molecular flexibility index (Phi) is 4.44. The first-order valence-corrected chi connectivity index (χ1v) is 8.61. The number of rotatable bonds is 4. The van der Waals surface area contributed by atoms with Crippen LogP contribution >= 0.6 is 0 Å². The highest BCUT2D eigenvalue weighted by Crippen LogP contribution is 2.39. The third kappa shape index (κ3) is 3.05. The molecule has 2 aliphatic rings. The van der Waals surface area contributed by atoms with Gasteiger partial charge < -0.3 is 14.2 Å². The van der Waals surface area contributed by atoms with Gasteiger partial charge in [0.05, 0.1) is 12.3 Å². The summed E-state index contributed by atoms with van der Waals surface area (Å²) < 4.78 is 16.3. The summed E-state index contributed by atoms with van der Waals surface area (Å²) in [7, 11) is 0. The second kappa shape index (κ2) is 7.07. The second-order valence-corrected chi connectivity index (χ2v) is 5.97. The van der Waals surface area contributed by atoms with E-state index in [0.29, 0.717) is 35.1 Å². The van der Waals surface area contributed by atoms with Gasteiger partial charge in [0, 0.05) is 11.6 Å². The summed E-state index contributed by atoms with van der Waals surface area (Å²) in [6.07, 6.45) is 1.38. The minimum Gasteiger partial charge on any atom is -0.493 e. The van der Waals surface area contributed by atoms with Crippen molar-refractivity contribution in [1.29, 1.82) is 0 Å². The molecule has 1 fully saturated rings. The van der Waals surface area contributed by atoms with Crippen LogP contribution in [0.1, 0.15) is 12.5 Å². The SMILES string of the molecule is CCOc1cc2c(cc1/C=C1/C(=O)NC(=O)N(c3ccccc3)C1=O)OCO2. The van der Waals surface area contributed by atoms with Gasteiger partial charge in [0.2, 0.25) is 6.79 Å². The van der Waals surface area contributed by atoms with Gasteiger partial charge in [-0.3, -0.25) is 14.9 Å². The van der Waals surface area contributed by atoms with E-state index in [1.807, 2.05) is 6.92 Å². The fourth-order valence-corrected chi connectivity index (χ4v) is 2.96. The van der Waals surface area contributed by atoms with Crippen LogP contribution in [0.25, 0.3) is 6.08 Å². The molecule has 8 nitrogen and oxygen atoms in total. The first kappa shape index (κ1) is 17.6. The molecule has 142 valence electrons. The summed E-state index contributed by atoms with van der Waals surface area (Å²) in [6, 6.07) is 10.8. The molecule has 0 bridgehead atoms. The number of barbiturate groups is 1. The highest BCUT2D eigenvalue weighted by Gasteiger charge is 2.37. The zero-order valence-corrected chi connectivity index (χ0v) is 14.9. The van der Waals surface area contributed by atoms with Gasteiger partial charge in [0.15, 0.2) is 11.5 Å². The van der Waals surface area contributed by atoms with Crippen molar-refractivity contribution in [3.63, 3.8) is 0 Å². The van der Waals surface area contributed by atoms with Crippen molar-refractivity contribution in [3.8, 4) is 17.2 Å². The molecule has 0 aliphatic carbocycles. The van der Waals surface area contributed by atoms with Gasteiger partial charge in [-0.15, -0.1) is 0 Å². The fourth-order valence-electron chi connectivity index (χ4n) is 2.96. The molecule has 0 spiro atoms. The lowest BCUT2D eigenvalue weighted by molar-refractivity contribution is -0.122. The van der Waals surface area contributed by atoms with Crippen molar-refractivity contribution >= 4 is 29.6 Å². The number of benzene rings is 2. The van der Waals surface area contributed by atoms with E-state index >= 15 is 0 Å². The minimum absolute atomic E-state index is 0.0800. The molecule has 4 rings (SSSR count). The Morgan fingerprint density at radius 3 is 2.54 bits per heavy atom. The molecule has 8 heteroatoms. The lowest BCUT2D eigenvalue weighted by Gasteiger charge is -2.26. The lowest BCUT2D eigenvalue weighted by atomic mass is 10.1. The van der Waals surface area contributed by atoms with Gasteiger partial charge in [-0.05, 0) is 31.2 Å². The molecular formula is C20H16N2O6. The number of hydrogen-bond donors (Lipinski definition) is 1. The van der Waals surface area contributed by atoms with Crippen LogP contribution in [-0.4, -0.2) is 31.2 Å². The number of urea groups is 1. The van der Waals surface area contributed by atoms with Crippen molar-refractivity contribution in [2.75, 3.05) is 18.3 Å². The van der Waals surface area contributed by atoms with E-state index in [1.165, 1.54) is 6.08 Å². The summed E-state index contributed by atoms with van der Waals surface area (Å²) in [5.41, 5.74) is 0.634. The molecule has 28 heavy (non-hydrogen) atoms. The van der Waals surface area contributed by atoms with Crippen molar-refractivity contribution < 1.29 is 28.6 Å². The maximum absolute atomic E-state index is 12.9. The van der Waals surface area contributed by atoms with E-state index < -0.39 is 17.8 Å². The Bertz CT molecular complexity index is 999. The third-order valence-corrected chi connectivity index (χ3v) is 4.22. The standard InChI is InChI=1S/C20H16N2O6/c1-2-26-15-10-17-16(27-11-28-17)9-12(15)8-14-18(23)21-20(25)22(19(14)24)13-6-4-3-5-7-13/h3-10H,2,11H2,1H3,(H,21,23,25)/b14-8-. The molecule has 0 aromatic heterocycles. The number of amides is 4. The quantitative estimate of drug-likeness (QED) is 0.647. The zero-order chi connectivity index (χ0) is 19.7. The zero-order valence-electron chi connectivity index (χ0n) is 14.9. The fraction of sp³-hybridized carbons (Fsp3) is 0.150. The largest absolute Gasteiger partial charge is 0.493 e. The Labute approximate surface area is 160 Å². The number of carbonyl (C=O) groups is 3. The van der Waals surface area contributed by atoms with E-state index in [-0.39, 0.29) is 12.4 Å². The normalized spacial score (nSPS) is 17.1. The maximum Gasteiger partial charge on any atom is 0.335 e. The van der Waals surface area contributed by atoms with Crippen molar-refractivity contribution in [2.45, 2.75) is 6.92 Å². The highest BCUT2D eigenvalue weighted by atomic mass is 16.7. The van der Waals surface area contributed by atoms with Gasteiger partial charge >= 0.3 is 6.03 Å². The number of hydrogen-bond acceptors (Lipinski definition) is 6. The number of nitrogens with zero attached hydrogens (tertiary/aromatic N) is 1. The van der Waals surface area contributed by atoms with E-state index in [2.05, 4.69) is 5.32 Å². The molecule has 0 saturated carbocycles. The number of fused-ring (bicyclic) bond motifs is 1. The van der Waals surface area contributed by atoms with Crippen LogP contribution in [-0.2, 0) is 9.59 Å². The van der Waals surface area contributed by atoms with Crippen molar-refractivity contribution in [2.24, 2.45) is 0 Å². The van der Waals surface area contributed by atoms with Crippen LogP contribution in [0.5, 0.6) is 17.2 Å². The van der Waals surface area contributed by atoms with Gasteiger partial charge in [-0.2, -0.15) is 0 Å². The maximum atomic E-state index is 12.9. The first-order chi connectivity index (χ1) is 13.6. The van der Waals surface area contributed by atoms with Gasteiger partial charge in [-0.25, -0.2) is 9.69 Å². The topological polar surface area (TPSA) is 94.2 Å². The Balaban J connectivity index is 1.77. The van der Waals surface area contributed by atoms with Crippen LogP contribution in [0, 0.1) is 0 Å². The predicted octanol–water partition coefficient (Wildman–Crippen LogP) is 2.48. The molecule has 0 unspecified atom stereocenters. The van der Waals surface area contributed by atoms with Crippen LogP contribution in [0.15, 0.2) is 48.0 Å². The van der Waals surface area contributed by atoms with Crippen LogP contribution in [0.4, 0.5) is 10.5 Å². The van der Waals surface area contributed by atoms with Gasteiger partial charge in [-0.1, -0.05) is 18.2 Å². The van der Waals surface area contributed by atoms with E-state index in [1.54, 1.807) is 42.5 Å². The van der Waals surface area contributed by atoms with Crippen molar-refractivity contribution in [1.82, 2.24) is 5.32 Å². The monoisotopic (exact) mass is 380 g/mol. The van der Waals surface area contributed by atoms with E-state index in [0.717, 1.165) is 4.90 Å². The average Bonchev–Trinajstić information content (AvgIpc) is 3.13. The Morgan fingerprint density at radius 2 is 1.82 bits per heavy atom. The summed E-state index contributed by atoms with van der Waals surface area (Å²) in [6.45, 7) is 2.27. The first-order valence-electron chi connectivity index (χ1n) is 8.61. The molecule has 4 amide bonds. The minimum atomic E-state index is -0.797. The molecular weight excluding hydrogens is 364 g/mol. The predicted molar refractivity (Wildman–Crippen MR) is 99.2 cm³/mol. The summed E-state index contributed by atoms with van der Waals surface area (Å²) in [4.78, 5) is 38.4. The molecule has 2 aromatic carbocycles. The highest BCUT2D eigenvalue weighted by molar-refractivity contribution is 6.39. The van der Waals surface area contributed by atoms with Gasteiger partial charge in [0.25, 0.3) is 11.8 Å². The molecule has 0 atom stereocenters.